The lowest BCUT2D eigenvalue weighted by Gasteiger charge is -2.19. The molecule has 1 rings (SSSR count). The normalized spacial score (nSPS) is 12.2. The van der Waals surface area contributed by atoms with Gasteiger partial charge in [-0.1, -0.05) is 84.6 Å². The van der Waals surface area contributed by atoms with Crippen molar-refractivity contribution in [3.8, 4) is 0 Å². The van der Waals surface area contributed by atoms with Crippen LogP contribution in [0.4, 0.5) is 0 Å². The zero-order valence-corrected chi connectivity index (χ0v) is 16.7. The van der Waals surface area contributed by atoms with Gasteiger partial charge in [-0.25, -0.2) is 0 Å². The van der Waals surface area contributed by atoms with Crippen LogP contribution in [-0.4, -0.2) is 0 Å². The smallest absolute Gasteiger partial charge is 0.155 e. The predicted octanol–water partition coefficient (Wildman–Crippen LogP) is 8.35. The highest BCUT2D eigenvalue weighted by Crippen LogP contribution is 2.28. The topological polar surface area (TPSA) is 22.4 Å². The maximum Gasteiger partial charge on any atom is 0.155 e. The van der Waals surface area contributed by atoms with Gasteiger partial charge in [-0.05, 0) is 31.4 Å². The lowest BCUT2D eigenvalue weighted by molar-refractivity contribution is 0.0809. The number of allylic oxidation sites excluding steroid dienone is 1. The monoisotopic (exact) mass is 348 g/mol. The van der Waals surface area contributed by atoms with Gasteiger partial charge in [-0.2, -0.15) is 0 Å². The summed E-state index contributed by atoms with van der Waals surface area (Å²) in [5.74, 6) is 1.84. The van der Waals surface area contributed by atoms with Gasteiger partial charge in [0.2, 0.25) is 0 Å². The third-order valence-electron chi connectivity index (χ3n) is 4.80. The van der Waals surface area contributed by atoms with E-state index in [4.69, 9.17) is 9.15 Å². The maximum atomic E-state index is 6.09. The van der Waals surface area contributed by atoms with E-state index < -0.39 is 0 Å². The van der Waals surface area contributed by atoms with Crippen molar-refractivity contribution in [3.63, 3.8) is 0 Å². The molecule has 1 unspecified atom stereocenters. The Labute approximate surface area is 156 Å². The van der Waals surface area contributed by atoms with Gasteiger partial charge in [-0.3, -0.25) is 0 Å². The summed E-state index contributed by atoms with van der Waals surface area (Å²) in [6.45, 7) is 8.55. The number of rotatable bonds is 17. The number of ether oxygens (including phenoxy) is 1. The van der Waals surface area contributed by atoms with Gasteiger partial charge >= 0.3 is 0 Å². The van der Waals surface area contributed by atoms with Crippen LogP contribution in [0.3, 0.4) is 0 Å². The molecule has 0 spiro atoms. The molecule has 0 amide bonds. The van der Waals surface area contributed by atoms with Crippen LogP contribution in [0.15, 0.2) is 35.2 Å². The second-order valence-corrected chi connectivity index (χ2v) is 7.23. The molecule has 1 aromatic heterocycles. The molecule has 0 saturated heterocycles. The quantitative estimate of drug-likeness (QED) is 0.208. The Hall–Kier alpha value is -1.18. The minimum atomic E-state index is 0.0356. The first kappa shape index (κ1) is 21.9. The molecule has 0 N–H and O–H groups in total. The number of unbranched alkanes of at least 4 members (excludes halogenated alkanes) is 10. The fourth-order valence-electron chi connectivity index (χ4n) is 3.18. The average Bonchev–Trinajstić information content (AvgIpc) is 3.15. The van der Waals surface area contributed by atoms with E-state index in [1.165, 1.54) is 70.6 Å². The lowest BCUT2D eigenvalue weighted by atomic mass is 10.0. The van der Waals surface area contributed by atoms with E-state index in [1.54, 1.807) is 6.26 Å². The molecule has 0 aliphatic rings. The van der Waals surface area contributed by atoms with Crippen LogP contribution in [0.5, 0.6) is 0 Å². The van der Waals surface area contributed by atoms with Crippen molar-refractivity contribution in [1.82, 2.24) is 0 Å². The predicted molar refractivity (Wildman–Crippen MR) is 108 cm³/mol. The van der Waals surface area contributed by atoms with Crippen LogP contribution in [0.2, 0.25) is 0 Å². The maximum absolute atomic E-state index is 6.09. The molecule has 1 atom stereocenters. The molecule has 2 nitrogen and oxygen atoms in total. The Kier molecular flexibility index (Phi) is 13.2. The molecule has 0 bridgehead atoms. The number of hydrogen-bond donors (Lipinski definition) is 0. The van der Waals surface area contributed by atoms with E-state index in [0.717, 1.165) is 30.8 Å². The van der Waals surface area contributed by atoms with Crippen molar-refractivity contribution in [2.24, 2.45) is 0 Å². The molecular formula is C23H40O2. The first-order valence-electron chi connectivity index (χ1n) is 10.7. The zero-order valence-electron chi connectivity index (χ0n) is 16.7. The molecule has 0 aliphatic heterocycles. The Morgan fingerprint density at radius 2 is 1.52 bits per heavy atom. The second kappa shape index (κ2) is 15.1. The molecule has 0 radical (unpaired) electrons. The summed E-state index contributed by atoms with van der Waals surface area (Å²) in [5, 5.41) is 0. The molecule has 0 fully saturated rings. The van der Waals surface area contributed by atoms with Crippen molar-refractivity contribution < 1.29 is 9.15 Å². The standard InChI is InChI=1S/C23H40O2/c1-4-6-8-9-10-11-12-13-14-15-18-23(22-19-16-20-24-22)25-21(3)17-7-5-2/h16,19-20,23H,3-15,17-18H2,1-2H3. The first-order valence-corrected chi connectivity index (χ1v) is 10.7. The van der Waals surface area contributed by atoms with Gasteiger partial charge in [0.05, 0.1) is 12.0 Å². The van der Waals surface area contributed by atoms with Gasteiger partial charge in [0.25, 0.3) is 0 Å². The van der Waals surface area contributed by atoms with Crippen LogP contribution in [0.25, 0.3) is 0 Å². The van der Waals surface area contributed by atoms with E-state index in [-0.39, 0.29) is 6.10 Å². The fraction of sp³-hybridized carbons (Fsp3) is 0.739. The van der Waals surface area contributed by atoms with E-state index >= 15 is 0 Å². The van der Waals surface area contributed by atoms with Crippen molar-refractivity contribution in [2.45, 2.75) is 110 Å². The second-order valence-electron chi connectivity index (χ2n) is 7.23. The SMILES string of the molecule is C=C(CCCC)OC(CCCCCCCCCCCC)c1ccco1. The highest BCUT2D eigenvalue weighted by atomic mass is 16.5. The van der Waals surface area contributed by atoms with E-state index in [9.17, 15) is 0 Å². The molecule has 0 aromatic carbocycles. The molecule has 0 aliphatic carbocycles. The van der Waals surface area contributed by atoms with Crippen LogP contribution < -0.4 is 0 Å². The minimum Gasteiger partial charge on any atom is -0.487 e. The molecule has 1 aromatic rings. The van der Waals surface area contributed by atoms with Gasteiger partial charge in [-0.15, -0.1) is 0 Å². The number of hydrogen-bond acceptors (Lipinski definition) is 2. The molecule has 25 heavy (non-hydrogen) atoms. The summed E-state index contributed by atoms with van der Waals surface area (Å²) in [6, 6.07) is 3.97. The van der Waals surface area contributed by atoms with Crippen LogP contribution in [0, 0.1) is 0 Å². The highest BCUT2D eigenvalue weighted by Gasteiger charge is 2.16. The van der Waals surface area contributed by atoms with Crippen LogP contribution in [-0.2, 0) is 4.74 Å². The van der Waals surface area contributed by atoms with Crippen molar-refractivity contribution in [3.05, 3.63) is 36.5 Å². The van der Waals surface area contributed by atoms with Crippen molar-refractivity contribution in [1.29, 1.82) is 0 Å². The zero-order chi connectivity index (χ0) is 18.2. The third kappa shape index (κ3) is 11.1. The summed E-state index contributed by atoms with van der Waals surface area (Å²) in [4.78, 5) is 0. The molecule has 1 heterocycles. The summed E-state index contributed by atoms with van der Waals surface area (Å²) in [7, 11) is 0. The Balaban J connectivity index is 2.15. The van der Waals surface area contributed by atoms with Gasteiger partial charge in [0.1, 0.15) is 5.76 Å². The van der Waals surface area contributed by atoms with Gasteiger partial charge in [0, 0.05) is 6.42 Å². The summed E-state index contributed by atoms with van der Waals surface area (Å²) in [6.07, 6.45) is 19.6. The largest absolute Gasteiger partial charge is 0.487 e. The van der Waals surface area contributed by atoms with E-state index in [2.05, 4.69) is 20.4 Å². The van der Waals surface area contributed by atoms with E-state index in [1.807, 2.05) is 12.1 Å². The first-order chi connectivity index (χ1) is 12.3. The molecule has 2 heteroatoms. The molecule has 144 valence electrons. The summed E-state index contributed by atoms with van der Waals surface area (Å²) in [5.41, 5.74) is 0. The van der Waals surface area contributed by atoms with Crippen molar-refractivity contribution in [2.75, 3.05) is 0 Å². The third-order valence-corrected chi connectivity index (χ3v) is 4.80. The Bertz CT molecular complexity index is 408. The minimum absolute atomic E-state index is 0.0356. The highest BCUT2D eigenvalue weighted by molar-refractivity contribution is 5.03. The van der Waals surface area contributed by atoms with Crippen molar-refractivity contribution >= 4 is 0 Å². The van der Waals surface area contributed by atoms with Crippen LogP contribution in [0.1, 0.15) is 116 Å². The van der Waals surface area contributed by atoms with Gasteiger partial charge in [0.15, 0.2) is 6.10 Å². The lowest BCUT2D eigenvalue weighted by Crippen LogP contribution is -2.03. The number of furan rings is 1. The van der Waals surface area contributed by atoms with Gasteiger partial charge < -0.3 is 9.15 Å². The molecular weight excluding hydrogens is 308 g/mol. The van der Waals surface area contributed by atoms with E-state index in [0.29, 0.717) is 0 Å². The van der Waals surface area contributed by atoms with Crippen LogP contribution >= 0.6 is 0 Å². The molecule has 0 saturated carbocycles. The summed E-state index contributed by atoms with van der Waals surface area (Å²) < 4.78 is 11.7. The Morgan fingerprint density at radius 3 is 2.08 bits per heavy atom. The Morgan fingerprint density at radius 1 is 0.920 bits per heavy atom. The average molecular weight is 349 g/mol. The fourth-order valence-corrected chi connectivity index (χ4v) is 3.18. The summed E-state index contributed by atoms with van der Waals surface area (Å²) >= 11 is 0.